The van der Waals surface area contributed by atoms with E-state index in [-0.39, 0.29) is 0 Å². The molecule has 33 heavy (non-hydrogen) atoms. The summed E-state index contributed by atoms with van der Waals surface area (Å²) in [4.78, 5) is 0. The molecule has 0 amide bonds. The van der Waals surface area contributed by atoms with Crippen molar-refractivity contribution in [3.05, 3.63) is 126 Å². The largest absolute Gasteiger partial charge is 0.222 e. The molecule has 0 bridgehead atoms. The fourth-order valence-electron chi connectivity index (χ4n) is 3.73. The van der Waals surface area contributed by atoms with Crippen LogP contribution in [0.1, 0.15) is 11.1 Å². The van der Waals surface area contributed by atoms with Gasteiger partial charge in [0, 0.05) is 0 Å². The second-order valence-electron chi connectivity index (χ2n) is 7.16. The predicted molar refractivity (Wildman–Crippen MR) is 120 cm³/mol. The zero-order valence-electron chi connectivity index (χ0n) is 17.6. The van der Waals surface area contributed by atoms with Crippen LogP contribution in [0.5, 0.6) is 0 Å². The smallest absolute Gasteiger partial charge is 0.116 e. The van der Waals surface area contributed by atoms with Gasteiger partial charge < -0.3 is 0 Å². The lowest BCUT2D eigenvalue weighted by Crippen LogP contribution is -2.68. The molecule has 4 rings (SSSR count). The van der Waals surface area contributed by atoms with E-state index in [1.807, 2.05) is 12.1 Å². The third kappa shape index (κ3) is 6.71. The maximum absolute atomic E-state index is 9.15. The van der Waals surface area contributed by atoms with Gasteiger partial charge in [0.1, 0.15) is 23.2 Å². The van der Waals surface area contributed by atoms with Crippen LogP contribution in [-0.2, 0) is 6.16 Å². The number of benzene rings is 4. The quantitative estimate of drug-likeness (QED) is 0.383. The number of nitriles is 1. The molecule has 0 unspecified atom stereocenters. The second kappa shape index (κ2) is 11.2. The molecule has 0 saturated heterocycles. The number of rotatable bonds is 5. The van der Waals surface area contributed by atoms with Gasteiger partial charge in [-0.25, -0.2) is 18.6 Å². The SMILES string of the molecule is N#Cc1ccc(C[P+](c2ccccc2)(c2ccccc2)c2ccccc2)cc1.[O-][Cl+3]([O-])([O-])[O-]. The summed E-state index contributed by atoms with van der Waals surface area (Å²) >= 11 is 0. The molecule has 0 aliphatic carbocycles. The summed E-state index contributed by atoms with van der Waals surface area (Å²) < 4.78 is 34.0. The molecule has 0 aliphatic heterocycles. The van der Waals surface area contributed by atoms with Crippen molar-refractivity contribution in [1.82, 2.24) is 0 Å². The molecule has 0 N–H and O–H groups in total. The minimum Gasteiger partial charge on any atom is -0.222 e. The Morgan fingerprint density at radius 2 is 0.909 bits per heavy atom. The van der Waals surface area contributed by atoms with E-state index < -0.39 is 17.5 Å². The van der Waals surface area contributed by atoms with E-state index in [0.717, 1.165) is 6.16 Å². The van der Waals surface area contributed by atoms with Gasteiger partial charge in [-0.2, -0.15) is 5.26 Å². The van der Waals surface area contributed by atoms with Gasteiger partial charge in [-0.15, -0.1) is 10.2 Å². The minimum atomic E-state index is -4.94. The first kappa shape index (κ1) is 24.6. The molecule has 0 heterocycles. The van der Waals surface area contributed by atoms with E-state index in [2.05, 4.69) is 109 Å². The molecule has 0 spiro atoms. The van der Waals surface area contributed by atoms with Gasteiger partial charge in [0.05, 0.1) is 17.8 Å². The molecule has 0 aliphatic rings. The Balaban J connectivity index is 0.000000555. The Kier molecular flexibility index (Phi) is 8.32. The lowest BCUT2D eigenvalue weighted by Gasteiger charge is -2.27. The first-order valence-electron chi connectivity index (χ1n) is 9.98. The Morgan fingerprint density at radius 3 is 1.21 bits per heavy atom. The zero-order valence-corrected chi connectivity index (χ0v) is 19.2. The van der Waals surface area contributed by atoms with Gasteiger partial charge in [-0.05, 0) is 54.1 Å². The highest BCUT2D eigenvalue weighted by Crippen LogP contribution is 2.58. The summed E-state index contributed by atoms with van der Waals surface area (Å²) in [5.74, 6) is 0. The zero-order chi connectivity index (χ0) is 23.7. The van der Waals surface area contributed by atoms with Crippen molar-refractivity contribution in [3.8, 4) is 6.07 Å². The Labute approximate surface area is 195 Å². The lowest BCUT2D eigenvalue weighted by molar-refractivity contribution is -2.00. The van der Waals surface area contributed by atoms with E-state index in [4.69, 9.17) is 23.9 Å². The van der Waals surface area contributed by atoms with Gasteiger partial charge in [0.25, 0.3) is 0 Å². The molecule has 166 valence electrons. The van der Waals surface area contributed by atoms with Gasteiger partial charge in [-0.1, -0.05) is 66.7 Å². The van der Waals surface area contributed by atoms with Crippen LogP contribution >= 0.6 is 7.26 Å². The van der Waals surface area contributed by atoms with Gasteiger partial charge in [-0.3, -0.25) is 0 Å². The predicted octanol–water partition coefficient (Wildman–Crippen LogP) is 0.296. The fourth-order valence-corrected chi connectivity index (χ4v) is 7.97. The Bertz CT molecular complexity index is 1070. The lowest BCUT2D eigenvalue weighted by atomic mass is 10.2. The van der Waals surface area contributed by atoms with Crippen molar-refractivity contribution in [2.24, 2.45) is 0 Å². The highest BCUT2D eigenvalue weighted by Gasteiger charge is 2.45. The molecule has 4 aromatic rings. The number of nitrogens with zero attached hydrogens (tertiary/aromatic N) is 1. The van der Waals surface area contributed by atoms with Gasteiger partial charge >= 0.3 is 0 Å². The van der Waals surface area contributed by atoms with Crippen molar-refractivity contribution in [1.29, 1.82) is 5.26 Å². The third-order valence-corrected chi connectivity index (χ3v) is 9.47. The molecule has 0 radical (unpaired) electrons. The summed E-state index contributed by atoms with van der Waals surface area (Å²) in [6.07, 6.45) is 0.927. The Hall–Kier alpha value is -3.07. The number of halogens is 1. The number of hydrogen-bond acceptors (Lipinski definition) is 5. The van der Waals surface area contributed by atoms with Crippen molar-refractivity contribution < 1.29 is 28.9 Å². The van der Waals surface area contributed by atoms with Crippen molar-refractivity contribution >= 4 is 23.2 Å². The molecule has 7 heteroatoms. The summed E-state index contributed by atoms with van der Waals surface area (Å²) in [6, 6.07) is 42.9. The average molecular weight is 478 g/mol. The normalized spacial score (nSPS) is 11.1. The van der Waals surface area contributed by atoms with Crippen LogP contribution in [0.15, 0.2) is 115 Å². The van der Waals surface area contributed by atoms with Crippen LogP contribution in [0.2, 0.25) is 0 Å². The molecule has 0 saturated carbocycles. The van der Waals surface area contributed by atoms with Crippen LogP contribution in [0.4, 0.5) is 0 Å². The van der Waals surface area contributed by atoms with Crippen LogP contribution in [0.3, 0.4) is 0 Å². The van der Waals surface area contributed by atoms with E-state index in [1.54, 1.807) is 0 Å². The maximum Gasteiger partial charge on any atom is 0.116 e. The minimum absolute atomic E-state index is 0.701. The third-order valence-electron chi connectivity index (χ3n) is 5.09. The number of hydrogen-bond donors (Lipinski definition) is 0. The van der Waals surface area contributed by atoms with Crippen LogP contribution in [-0.4, -0.2) is 0 Å². The monoisotopic (exact) mass is 477 g/mol. The second-order valence-corrected chi connectivity index (χ2v) is 11.4. The molecule has 4 aromatic carbocycles. The summed E-state index contributed by atoms with van der Waals surface area (Å²) in [5.41, 5.74) is 1.95. The molecule has 5 nitrogen and oxygen atoms in total. The van der Waals surface area contributed by atoms with E-state index >= 15 is 0 Å². The standard InChI is InChI=1S/C26H21NP.ClHO4/c27-20-22-16-18-23(19-17-22)21-28(24-10-4-1-5-11-24,25-12-6-2-7-13-25)26-14-8-3-9-15-26;2-1(3,4)5/h1-19H,21H2;(H,2,3,4,5)/q+1;/p-1. The highest BCUT2D eigenvalue weighted by molar-refractivity contribution is 7.95. The van der Waals surface area contributed by atoms with Crippen molar-refractivity contribution in [2.45, 2.75) is 6.16 Å². The molecular weight excluding hydrogens is 457 g/mol. The highest BCUT2D eigenvalue weighted by atomic mass is 35.7. The van der Waals surface area contributed by atoms with Crippen LogP contribution in [0.25, 0.3) is 0 Å². The van der Waals surface area contributed by atoms with Gasteiger partial charge in [0.2, 0.25) is 0 Å². The average Bonchev–Trinajstić information content (AvgIpc) is 2.83. The molecule has 0 fully saturated rings. The summed E-state index contributed by atoms with van der Waals surface area (Å²) in [7, 11) is -6.83. The maximum atomic E-state index is 9.15. The molecule has 0 aromatic heterocycles. The van der Waals surface area contributed by atoms with E-state index in [1.165, 1.54) is 21.5 Å². The van der Waals surface area contributed by atoms with Gasteiger partial charge in [0.15, 0.2) is 0 Å². The Morgan fingerprint density at radius 1 is 0.576 bits per heavy atom. The molecular formula is C26H21ClNO4P. The van der Waals surface area contributed by atoms with Crippen molar-refractivity contribution in [2.75, 3.05) is 0 Å². The first-order valence-corrected chi connectivity index (χ1v) is 13.2. The fraction of sp³-hybridized carbons (Fsp3) is 0.0385. The topological polar surface area (TPSA) is 116 Å². The van der Waals surface area contributed by atoms with E-state index in [0.29, 0.717) is 5.56 Å². The van der Waals surface area contributed by atoms with Crippen LogP contribution < -0.4 is 34.5 Å². The van der Waals surface area contributed by atoms with Crippen molar-refractivity contribution in [3.63, 3.8) is 0 Å². The summed E-state index contributed by atoms with van der Waals surface area (Å²) in [6.45, 7) is 0. The summed E-state index contributed by atoms with van der Waals surface area (Å²) in [5, 5.41) is 13.3. The van der Waals surface area contributed by atoms with E-state index in [9.17, 15) is 0 Å². The first-order chi connectivity index (χ1) is 15.8. The van der Waals surface area contributed by atoms with Crippen LogP contribution in [0, 0.1) is 21.6 Å². The molecule has 0 atom stereocenters.